The second kappa shape index (κ2) is 8.35. The third kappa shape index (κ3) is 4.59. The SMILES string of the molecule is CC(C)(C)[C@@H]1CCc2c(sc(NC(=O)COc3ccc4ccccc4c3)c2C(N)=O)C1. The Kier molecular flexibility index (Phi) is 5.75. The summed E-state index contributed by atoms with van der Waals surface area (Å²) < 4.78 is 5.69. The second-order valence-electron chi connectivity index (χ2n) is 9.22. The summed E-state index contributed by atoms with van der Waals surface area (Å²) in [5.41, 5.74) is 7.35. The van der Waals surface area contributed by atoms with Crippen molar-refractivity contribution in [2.45, 2.75) is 40.0 Å². The van der Waals surface area contributed by atoms with Crippen LogP contribution in [0.2, 0.25) is 0 Å². The van der Waals surface area contributed by atoms with E-state index in [0.717, 1.165) is 40.5 Å². The van der Waals surface area contributed by atoms with E-state index in [1.807, 2.05) is 42.5 Å². The molecule has 4 rings (SSSR count). The molecule has 31 heavy (non-hydrogen) atoms. The van der Waals surface area contributed by atoms with Crippen molar-refractivity contribution in [3.05, 3.63) is 58.5 Å². The number of thiophene rings is 1. The molecule has 5 nitrogen and oxygen atoms in total. The highest BCUT2D eigenvalue weighted by molar-refractivity contribution is 7.17. The van der Waals surface area contributed by atoms with Gasteiger partial charge < -0.3 is 15.8 Å². The summed E-state index contributed by atoms with van der Waals surface area (Å²) in [7, 11) is 0. The van der Waals surface area contributed by atoms with Gasteiger partial charge in [0, 0.05) is 4.88 Å². The molecule has 1 aliphatic rings. The van der Waals surface area contributed by atoms with Gasteiger partial charge in [0.1, 0.15) is 10.8 Å². The minimum absolute atomic E-state index is 0.135. The van der Waals surface area contributed by atoms with Crippen molar-refractivity contribution in [3.63, 3.8) is 0 Å². The average molecular weight is 437 g/mol. The topological polar surface area (TPSA) is 81.4 Å². The summed E-state index contributed by atoms with van der Waals surface area (Å²) in [5, 5.41) is 5.57. The minimum Gasteiger partial charge on any atom is -0.484 e. The van der Waals surface area contributed by atoms with Gasteiger partial charge in [-0.3, -0.25) is 9.59 Å². The van der Waals surface area contributed by atoms with Crippen LogP contribution in [0, 0.1) is 11.3 Å². The standard InChI is InChI=1S/C25H28N2O3S/c1-25(2,3)17-9-11-19-20(13-17)31-24(22(19)23(26)29)27-21(28)14-30-18-10-8-15-6-4-5-7-16(15)12-18/h4-8,10,12,17H,9,11,13-14H2,1-3H3,(H2,26,29)(H,27,28)/t17-/m1/s1. The number of carbonyl (C=O) groups excluding carboxylic acids is 2. The molecule has 1 atom stereocenters. The van der Waals surface area contributed by atoms with E-state index >= 15 is 0 Å². The molecule has 162 valence electrons. The van der Waals surface area contributed by atoms with Gasteiger partial charge in [-0.2, -0.15) is 0 Å². The Hall–Kier alpha value is -2.86. The van der Waals surface area contributed by atoms with Gasteiger partial charge in [-0.25, -0.2) is 0 Å². The smallest absolute Gasteiger partial charge is 0.262 e. The molecule has 1 aliphatic carbocycles. The Labute approximate surface area is 186 Å². The van der Waals surface area contributed by atoms with E-state index in [2.05, 4.69) is 26.1 Å². The van der Waals surface area contributed by atoms with Gasteiger partial charge in [-0.05, 0) is 59.1 Å². The molecule has 0 bridgehead atoms. The van der Waals surface area contributed by atoms with Gasteiger partial charge >= 0.3 is 0 Å². The lowest BCUT2D eigenvalue weighted by Gasteiger charge is -2.33. The number of benzene rings is 2. The van der Waals surface area contributed by atoms with Gasteiger partial charge in [0.2, 0.25) is 0 Å². The predicted octanol–water partition coefficient (Wildman–Crippen LogP) is 5.17. The second-order valence-corrected chi connectivity index (χ2v) is 10.3. The van der Waals surface area contributed by atoms with Crippen LogP contribution < -0.4 is 15.8 Å². The molecule has 0 saturated carbocycles. The monoisotopic (exact) mass is 436 g/mol. The molecule has 6 heteroatoms. The van der Waals surface area contributed by atoms with E-state index in [9.17, 15) is 9.59 Å². The van der Waals surface area contributed by atoms with Gasteiger partial charge in [0.15, 0.2) is 6.61 Å². The summed E-state index contributed by atoms with van der Waals surface area (Å²) >= 11 is 1.47. The van der Waals surface area contributed by atoms with E-state index in [-0.39, 0.29) is 17.9 Å². The molecule has 2 aromatic carbocycles. The zero-order valence-corrected chi connectivity index (χ0v) is 19.0. The summed E-state index contributed by atoms with van der Waals surface area (Å²) in [6.07, 6.45) is 2.74. The van der Waals surface area contributed by atoms with E-state index < -0.39 is 5.91 Å². The zero-order valence-electron chi connectivity index (χ0n) is 18.2. The van der Waals surface area contributed by atoms with Crippen LogP contribution in [0.1, 0.15) is 48.0 Å². The van der Waals surface area contributed by atoms with Crippen molar-refractivity contribution in [3.8, 4) is 5.75 Å². The van der Waals surface area contributed by atoms with Crippen molar-refractivity contribution in [2.75, 3.05) is 11.9 Å². The number of nitrogens with one attached hydrogen (secondary N) is 1. The molecular weight excluding hydrogens is 408 g/mol. The number of rotatable bonds is 5. The van der Waals surface area contributed by atoms with Crippen molar-refractivity contribution >= 4 is 38.9 Å². The highest BCUT2D eigenvalue weighted by Gasteiger charge is 2.33. The molecular formula is C25H28N2O3S. The Balaban J connectivity index is 1.47. The van der Waals surface area contributed by atoms with Crippen molar-refractivity contribution in [1.29, 1.82) is 0 Å². The summed E-state index contributed by atoms with van der Waals surface area (Å²) in [6, 6.07) is 13.7. The van der Waals surface area contributed by atoms with Crippen LogP contribution in [0.4, 0.5) is 5.00 Å². The number of carbonyl (C=O) groups is 2. The number of amides is 2. The molecule has 2 amide bonds. The number of ether oxygens (including phenoxy) is 1. The highest BCUT2D eigenvalue weighted by Crippen LogP contribution is 2.44. The molecule has 0 unspecified atom stereocenters. The highest BCUT2D eigenvalue weighted by atomic mass is 32.1. The molecule has 1 aromatic heterocycles. The average Bonchev–Trinajstić information content (AvgIpc) is 3.08. The van der Waals surface area contributed by atoms with Crippen LogP contribution >= 0.6 is 11.3 Å². The summed E-state index contributed by atoms with van der Waals surface area (Å²) in [6.45, 7) is 6.61. The maximum absolute atomic E-state index is 12.6. The fraction of sp³-hybridized carbons (Fsp3) is 0.360. The quantitative estimate of drug-likeness (QED) is 0.579. The lowest BCUT2D eigenvalue weighted by atomic mass is 9.72. The van der Waals surface area contributed by atoms with Crippen LogP contribution in [-0.2, 0) is 17.6 Å². The van der Waals surface area contributed by atoms with Gasteiger partial charge in [-0.1, -0.05) is 51.1 Å². The first-order chi connectivity index (χ1) is 14.7. The lowest BCUT2D eigenvalue weighted by molar-refractivity contribution is -0.118. The first-order valence-corrected chi connectivity index (χ1v) is 11.4. The summed E-state index contributed by atoms with van der Waals surface area (Å²) in [4.78, 5) is 25.9. The predicted molar refractivity (Wildman–Crippen MR) is 126 cm³/mol. The van der Waals surface area contributed by atoms with Gasteiger partial charge in [0.25, 0.3) is 11.8 Å². The van der Waals surface area contributed by atoms with Gasteiger partial charge in [0.05, 0.1) is 5.56 Å². The van der Waals surface area contributed by atoms with Crippen molar-refractivity contribution in [2.24, 2.45) is 17.1 Å². The minimum atomic E-state index is -0.488. The molecule has 0 aliphatic heterocycles. The number of anilines is 1. The third-order valence-electron chi connectivity index (χ3n) is 6.08. The van der Waals surface area contributed by atoms with Crippen LogP contribution in [0.25, 0.3) is 10.8 Å². The van der Waals surface area contributed by atoms with E-state index in [1.54, 1.807) is 0 Å². The Morgan fingerprint density at radius 3 is 2.61 bits per heavy atom. The zero-order chi connectivity index (χ0) is 22.2. The Morgan fingerprint density at radius 2 is 1.90 bits per heavy atom. The maximum Gasteiger partial charge on any atom is 0.262 e. The largest absolute Gasteiger partial charge is 0.484 e. The van der Waals surface area contributed by atoms with Crippen molar-refractivity contribution < 1.29 is 14.3 Å². The number of hydrogen-bond acceptors (Lipinski definition) is 4. The fourth-order valence-corrected chi connectivity index (χ4v) is 5.59. The molecule has 0 saturated heterocycles. The Bertz CT molecular complexity index is 1140. The number of primary amides is 1. The molecule has 0 fully saturated rings. The first kappa shape index (κ1) is 21.4. The molecule has 0 radical (unpaired) electrons. The molecule has 1 heterocycles. The van der Waals surface area contributed by atoms with Crippen LogP contribution in [0.3, 0.4) is 0 Å². The summed E-state index contributed by atoms with van der Waals surface area (Å²) in [5.74, 6) is 0.376. The van der Waals surface area contributed by atoms with Crippen LogP contribution in [-0.4, -0.2) is 18.4 Å². The van der Waals surface area contributed by atoms with Crippen LogP contribution in [0.5, 0.6) is 5.75 Å². The van der Waals surface area contributed by atoms with E-state index in [0.29, 0.717) is 22.2 Å². The molecule has 0 spiro atoms. The van der Waals surface area contributed by atoms with Crippen molar-refractivity contribution in [1.82, 2.24) is 0 Å². The fourth-order valence-electron chi connectivity index (χ4n) is 4.24. The van der Waals surface area contributed by atoms with E-state index in [4.69, 9.17) is 10.5 Å². The number of hydrogen-bond donors (Lipinski definition) is 2. The number of fused-ring (bicyclic) bond motifs is 2. The normalized spacial score (nSPS) is 16.0. The Morgan fingerprint density at radius 1 is 1.16 bits per heavy atom. The molecule has 3 N–H and O–H groups in total. The lowest BCUT2D eigenvalue weighted by Crippen LogP contribution is -2.27. The van der Waals surface area contributed by atoms with E-state index in [1.165, 1.54) is 11.3 Å². The number of nitrogens with two attached hydrogens (primary N) is 1. The molecule has 3 aromatic rings. The third-order valence-corrected chi connectivity index (χ3v) is 7.25. The van der Waals surface area contributed by atoms with Gasteiger partial charge in [-0.15, -0.1) is 11.3 Å². The first-order valence-electron chi connectivity index (χ1n) is 10.6. The van der Waals surface area contributed by atoms with Crippen LogP contribution in [0.15, 0.2) is 42.5 Å². The maximum atomic E-state index is 12.6.